The van der Waals surface area contributed by atoms with Gasteiger partial charge in [0, 0.05) is 11.3 Å². The fraction of sp³-hybridized carbons (Fsp3) is 0.273. The van der Waals surface area contributed by atoms with Gasteiger partial charge in [-0.05, 0) is 11.6 Å². The highest BCUT2D eigenvalue weighted by molar-refractivity contribution is 7.99. The fourth-order valence-electron chi connectivity index (χ4n) is 2.22. The summed E-state index contributed by atoms with van der Waals surface area (Å²) >= 11 is 1.48. The van der Waals surface area contributed by atoms with E-state index in [-0.39, 0.29) is 11.3 Å². The van der Waals surface area contributed by atoms with Gasteiger partial charge in [-0.1, -0.05) is 18.2 Å². The molecule has 0 spiro atoms. The van der Waals surface area contributed by atoms with E-state index in [0.29, 0.717) is 11.3 Å². The number of carboxylic acid groups (broad SMARTS) is 1. The first-order valence-corrected chi connectivity index (χ1v) is 5.99. The van der Waals surface area contributed by atoms with Crippen LogP contribution in [0.5, 0.6) is 0 Å². The van der Waals surface area contributed by atoms with Crippen LogP contribution in [0.4, 0.5) is 0 Å². The molecule has 1 fully saturated rings. The summed E-state index contributed by atoms with van der Waals surface area (Å²) in [5.41, 5.74) is 1.53. The molecule has 1 aromatic carbocycles. The van der Waals surface area contributed by atoms with E-state index in [2.05, 4.69) is 0 Å². The van der Waals surface area contributed by atoms with Gasteiger partial charge < -0.3 is 14.8 Å². The van der Waals surface area contributed by atoms with Crippen LogP contribution in [0.15, 0.2) is 24.3 Å². The lowest BCUT2D eigenvalue weighted by molar-refractivity contribution is -0.309. The number of carboxylic acids is 1. The van der Waals surface area contributed by atoms with Crippen LogP contribution in [-0.2, 0) is 4.79 Å². The molecule has 2 aliphatic rings. The van der Waals surface area contributed by atoms with Crippen LogP contribution < -0.4 is 5.11 Å². The summed E-state index contributed by atoms with van der Waals surface area (Å²) in [6, 6.07) is 6.47. The zero-order valence-electron chi connectivity index (χ0n) is 8.25. The van der Waals surface area contributed by atoms with E-state index in [1.165, 1.54) is 16.7 Å². The summed E-state index contributed by atoms with van der Waals surface area (Å²) in [5, 5.41) is 10.8. The Labute approximate surface area is 96.2 Å². The summed E-state index contributed by atoms with van der Waals surface area (Å²) in [6.45, 7) is 0. The van der Waals surface area contributed by atoms with Crippen LogP contribution >= 0.6 is 11.8 Å². The van der Waals surface area contributed by atoms with Crippen molar-refractivity contribution in [3.8, 4) is 0 Å². The van der Waals surface area contributed by atoms with E-state index < -0.39 is 12.0 Å². The standard InChI is InChI=1S/C11H9NO3S/c13-9-6-3-1-2-4-7(6)10-12(9)8(5-16-10)11(14)15/h1-4,8,10H,5H2,(H,14,15)/p-1/t8-,10+/m1/s1. The second-order valence-corrected chi connectivity index (χ2v) is 4.93. The van der Waals surface area contributed by atoms with Crippen LogP contribution in [0, 0.1) is 0 Å². The monoisotopic (exact) mass is 234 g/mol. The molecule has 16 heavy (non-hydrogen) atoms. The highest BCUT2D eigenvalue weighted by atomic mass is 32.2. The lowest BCUT2D eigenvalue weighted by Gasteiger charge is -2.23. The number of hydrogen-bond donors (Lipinski definition) is 0. The van der Waals surface area contributed by atoms with Gasteiger partial charge in [0.15, 0.2) is 0 Å². The molecule has 0 aromatic heterocycles. The largest absolute Gasteiger partial charge is 0.548 e. The maximum atomic E-state index is 12.0. The van der Waals surface area contributed by atoms with Crippen LogP contribution in [0.25, 0.3) is 0 Å². The normalized spacial score (nSPS) is 26.8. The molecule has 3 rings (SSSR count). The van der Waals surface area contributed by atoms with Crippen LogP contribution in [0.1, 0.15) is 21.3 Å². The van der Waals surface area contributed by atoms with E-state index in [9.17, 15) is 14.7 Å². The first-order chi connectivity index (χ1) is 7.70. The predicted molar refractivity (Wildman–Crippen MR) is 56.6 cm³/mol. The van der Waals surface area contributed by atoms with Crippen molar-refractivity contribution in [2.24, 2.45) is 0 Å². The van der Waals surface area contributed by atoms with Crippen molar-refractivity contribution in [1.29, 1.82) is 0 Å². The van der Waals surface area contributed by atoms with Gasteiger partial charge in [-0.15, -0.1) is 11.8 Å². The molecule has 0 aliphatic carbocycles. The molecular weight excluding hydrogens is 226 g/mol. The Balaban J connectivity index is 2.07. The van der Waals surface area contributed by atoms with E-state index in [0.717, 1.165) is 5.56 Å². The average Bonchev–Trinajstić information content (AvgIpc) is 2.81. The maximum absolute atomic E-state index is 12.0. The summed E-state index contributed by atoms with van der Waals surface area (Å²) in [4.78, 5) is 24.4. The Kier molecular flexibility index (Phi) is 1.97. The van der Waals surface area contributed by atoms with E-state index in [1.54, 1.807) is 12.1 Å². The molecule has 1 aromatic rings. The molecule has 1 amide bonds. The Hall–Kier alpha value is -1.49. The van der Waals surface area contributed by atoms with Gasteiger partial charge in [-0.25, -0.2) is 0 Å². The minimum atomic E-state index is -1.17. The van der Waals surface area contributed by atoms with Gasteiger partial charge >= 0.3 is 0 Å². The number of carbonyl (C=O) groups excluding carboxylic acids is 2. The topological polar surface area (TPSA) is 60.4 Å². The lowest BCUT2D eigenvalue weighted by atomic mass is 10.1. The van der Waals surface area contributed by atoms with Gasteiger partial charge in [0.25, 0.3) is 5.91 Å². The van der Waals surface area contributed by atoms with Crippen molar-refractivity contribution in [3.05, 3.63) is 35.4 Å². The number of hydrogen-bond acceptors (Lipinski definition) is 4. The molecule has 0 unspecified atom stereocenters. The number of nitrogens with zero attached hydrogens (tertiary/aromatic N) is 1. The first kappa shape index (κ1) is 9.72. The molecule has 0 radical (unpaired) electrons. The fourth-order valence-corrected chi connectivity index (χ4v) is 3.67. The molecule has 1 saturated heterocycles. The Morgan fingerprint density at radius 1 is 1.44 bits per heavy atom. The molecule has 2 heterocycles. The van der Waals surface area contributed by atoms with Crippen molar-refractivity contribution >= 4 is 23.6 Å². The first-order valence-electron chi connectivity index (χ1n) is 4.94. The van der Waals surface area contributed by atoms with Gasteiger partial charge in [0.1, 0.15) is 5.37 Å². The van der Waals surface area contributed by atoms with Crippen molar-refractivity contribution < 1.29 is 14.7 Å². The molecule has 4 nitrogen and oxygen atoms in total. The van der Waals surface area contributed by atoms with E-state index in [1.807, 2.05) is 12.1 Å². The summed E-state index contributed by atoms with van der Waals surface area (Å²) in [5.74, 6) is -0.955. The second-order valence-electron chi connectivity index (χ2n) is 3.82. The summed E-state index contributed by atoms with van der Waals surface area (Å²) in [7, 11) is 0. The molecule has 2 atom stereocenters. The third kappa shape index (κ3) is 1.12. The van der Waals surface area contributed by atoms with E-state index in [4.69, 9.17) is 0 Å². The number of amides is 1. The summed E-state index contributed by atoms with van der Waals surface area (Å²) < 4.78 is 0. The van der Waals surface area contributed by atoms with Crippen molar-refractivity contribution in [2.45, 2.75) is 11.4 Å². The number of rotatable bonds is 1. The van der Waals surface area contributed by atoms with Gasteiger partial charge in [-0.2, -0.15) is 0 Å². The zero-order valence-corrected chi connectivity index (χ0v) is 9.07. The second kappa shape index (κ2) is 3.25. The third-order valence-electron chi connectivity index (χ3n) is 2.96. The number of carbonyl (C=O) groups is 2. The Morgan fingerprint density at radius 2 is 2.19 bits per heavy atom. The Bertz CT molecular complexity index is 488. The Morgan fingerprint density at radius 3 is 2.94 bits per heavy atom. The number of fused-ring (bicyclic) bond motifs is 3. The van der Waals surface area contributed by atoms with E-state index >= 15 is 0 Å². The zero-order chi connectivity index (χ0) is 11.3. The summed E-state index contributed by atoms with van der Waals surface area (Å²) in [6.07, 6.45) is 0. The van der Waals surface area contributed by atoms with Gasteiger partial charge in [0.05, 0.1) is 12.0 Å². The molecule has 0 bridgehead atoms. The van der Waals surface area contributed by atoms with Crippen molar-refractivity contribution in [3.63, 3.8) is 0 Å². The minimum absolute atomic E-state index is 0.147. The smallest absolute Gasteiger partial charge is 0.256 e. The van der Waals surface area contributed by atoms with Gasteiger partial charge in [-0.3, -0.25) is 4.79 Å². The lowest BCUT2D eigenvalue weighted by Crippen LogP contribution is -2.47. The van der Waals surface area contributed by atoms with Crippen molar-refractivity contribution in [1.82, 2.24) is 4.90 Å². The van der Waals surface area contributed by atoms with Gasteiger partial charge in [0.2, 0.25) is 0 Å². The quantitative estimate of drug-likeness (QED) is 0.686. The van der Waals surface area contributed by atoms with Crippen LogP contribution in [-0.4, -0.2) is 28.6 Å². The van der Waals surface area contributed by atoms with Crippen LogP contribution in [0.3, 0.4) is 0 Å². The molecular formula is C11H8NO3S-. The molecule has 2 aliphatic heterocycles. The minimum Gasteiger partial charge on any atom is -0.548 e. The number of thioether (sulfide) groups is 1. The third-order valence-corrected chi connectivity index (χ3v) is 4.27. The highest BCUT2D eigenvalue weighted by Crippen LogP contribution is 2.47. The molecule has 82 valence electrons. The molecule has 5 heteroatoms. The SMILES string of the molecule is O=C([O-])[C@H]1CS[C@H]2c3ccccc3C(=O)N12. The number of benzene rings is 1. The van der Waals surface area contributed by atoms with Crippen LogP contribution in [0.2, 0.25) is 0 Å². The maximum Gasteiger partial charge on any atom is 0.256 e. The molecule has 0 saturated carbocycles. The predicted octanol–water partition coefficient (Wildman–Crippen LogP) is 0.00630. The average molecular weight is 234 g/mol. The number of aliphatic carboxylic acids is 1. The molecule has 0 N–H and O–H groups in total. The van der Waals surface area contributed by atoms with Crippen molar-refractivity contribution in [2.75, 3.05) is 5.75 Å². The highest BCUT2D eigenvalue weighted by Gasteiger charge is 2.45.